The molecule has 1 fully saturated rings. The standard InChI is InChI=1S/C20H28N6O3/c27-20(21-12-18-15-28-10-11-29-18)6-3-8-26-19(22-23-24-26)14-25-9-7-16-4-1-2-5-17(16)13-25/h1-2,4-5,18H,3,6-15H2,(H,21,27). The van der Waals surface area contributed by atoms with Gasteiger partial charge < -0.3 is 14.8 Å². The number of ether oxygens (including phenoxy) is 2. The van der Waals surface area contributed by atoms with Gasteiger partial charge in [-0.1, -0.05) is 24.3 Å². The highest BCUT2D eigenvalue weighted by Gasteiger charge is 2.19. The van der Waals surface area contributed by atoms with Crippen molar-refractivity contribution in [2.75, 3.05) is 32.9 Å². The van der Waals surface area contributed by atoms with Gasteiger partial charge in [-0.3, -0.25) is 9.69 Å². The predicted octanol–water partition coefficient (Wildman–Crippen LogP) is 0.543. The van der Waals surface area contributed by atoms with Gasteiger partial charge in [0.2, 0.25) is 5.91 Å². The molecule has 9 nitrogen and oxygen atoms in total. The van der Waals surface area contributed by atoms with E-state index in [0.717, 1.165) is 25.3 Å². The quantitative estimate of drug-likeness (QED) is 0.691. The van der Waals surface area contributed by atoms with Gasteiger partial charge in [0.25, 0.3) is 0 Å². The van der Waals surface area contributed by atoms with Gasteiger partial charge in [-0.15, -0.1) is 5.10 Å². The molecule has 156 valence electrons. The fraction of sp³-hybridized carbons (Fsp3) is 0.600. The first-order chi connectivity index (χ1) is 14.3. The van der Waals surface area contributed by atoms with Crippen LogP contribution in [0.1, 0.15) is 29.8 Å². The number of hydrogen-bond acceptors (Lipinski definition) is 7. The van der Waals surface area contributed by atoms with E-state index < -0.39 is 0 Å². The van der Waals surface area contributed by atoms with Crippen LogP contribution in [0.4, 0.5) is 0 Å². The number of rotatable bonds is 8. The third kappa shape index (κ3) is 5.59. The van der Waals surface area contributed by atoms with Crippen LogP contribution in [0.3, 0.4) is 0 Å². The van der Waals surface area contributed by atoms with Gasteiger partial charge in [0.05, 0.1) is 32.5 Å². The molecule has 0 radical (unpaired) electrons. The molecule has 2 aromatic rings. The largest absolute Gasteiger partial charge is 0.376 e. The lowest BCUT2D eigenvalue weighted by atomic mass is 10.00. The molecular weight excluding hydrogens is 372 g/mol. The van der Waals surface area contributed by atoms with E-state index in [1.807, 2.05) is 4.68 Å². The molecule has 2 aliphatic heterocycles. The van der Waals surface area contributed by atoms with Gasteiger partial charge in [0.1, 0.15) is 0 Å². The zero-order valence-electron chi connectivity index (χ0n) is 16.6. The second kappa shape index (κ2) is 9.91. The minimum atomic E-state index is -0.0477. The van der Waals surface area contributed by atoms with Crippen molar-refractivity contribution in [1.29, 1.82) is 0 Å². The topological polar surface area (TPSA) is 94.4 Å². The summed E-state index contributed by atoms with van der Waals surface area (Å²) in [5.41, 5.74) is 2.81. The van der Waals surface area contributed by atoms with Gasteiger partial charge in [0.15, 0.2) is 5.82 Å². The molecule has 1 N–H and O–H groups in total. The molecule has 1 amide bonds. The van der Waals surface area contributed by atoms with Gasteiger partial charge in [0, 0.05) is 32.6 Å². The van der Waals surface area contributed by atoms with E-state index in [-0.39, 0.29) is 12.0 Å². The van der Waals surface area contributed by atoms with Crippen molar-refractivity contribution in [3.63, 3.8) is 0 Å². The summed E-state index contributed by atoms with van der Waals surface area (Å²) in [5, 5.41) is 15.0. The first-order valence-electron chi connectivity index (χ1n) is 10.3. The normalized spacial score (nSPS) is 19.7. The average Bonchev–Trinajstić information content (AvgIpc) is 3.20. The van der Waals surface area contributed by atoms with E-state index in [2.05, 4.69) is 50.0 Å². The maximum absolute atomic E-state index is 12.1. The number of hydrogen-bond donors (Lipinski definition) is 1. The molecule has 1 aromatic heterocycles. The highest BCUT2D eigenvalue weighted by atomic mass is 16.6. The van der Waals surface area contributed by atoms with Crippen molar-refractivity contribution in [3.8, 4) is 0 Å². The second-order valence-electron chi connectivity index (χ2n) is 7.52. The van der Waals surface area contributed by atoms with E-state index in [4.69, 9.17) is 9.47 Å². The van der Waals surface area contributed by atoms with E-state index in [9.17, 15) is 4.79 Å². The number of fused-ring (bicyclic) bond motifs is 1. The van der Waals surface area contributed by atoms with Crippen LogP contribution in [0.2, 0.25) is 0 Å². The minimum Gasteiger partial charge on any atom is -0.376 e. The molecule has 4 rings (SSSR count). The molecule has 29 heavy (non-hydrogen) atoms. The summed E-state index contributed by atoms with van der Waals surface area (Å²) in [5.74, 6) is 0.860. The Bertz CT molecular complexity index is 805. The second-order valence-corrected chi connectivity index (χ2v) is 7.52. The predicted molar refractivity (Wildman–Crippen MR) is 105 cm³/mol. The molecule has 1 atom stereocenters. The highest BCUT2D eigenvalue weighted by molar-refractivity contribution is 5.75. The van der Waals surface area contributed by atoms with E-state index in [1.54, 1.807) is 0 Å². The fourth-order valence-corrected chi connectivity index (χ4v) is 3.76. The van der Waals surface area contributed by atoms with Crippen LogP contribution < -0.4 is 5.32 Å². The lowest BCUT2D eigenvalue weighted by Gasteiger charge is -2.28. The van der Waals surface area contributed by atoms with E-state index >= 15 is 0 Å². The number of amides is 1. The van der Waals surface area contributed by atoms with Crippen molar-refractivity contribution in [2.24, 2.45) is 0 Å². The summed E-state index contributed by atoms with van der Waals surface area (Å²) in [6, 6.07) is 8.58. The molecule has 1 saturated heterocycles. The Morgan fingerprint density at radius 3 is 3.00 bits per heavy atom. The Balaban J connectivity index is 1.20. The van der Waals surface area contributed by atoms with Crippen LogP contribution in [-0.2, 0) is 40.3 Å². The Kier molecular flexibility index (Phi) is 6.81. The zero-order valence-corrected chi connectivity index (χ0v) is 16.6. The molecule has 2 aliphatic rings. The van der Waals surface area contributed by atoms with Gasteiger partial charge in [-0.05, 0) is 34.4 Å². The molecule has 0 spiro atoms. The number of nitrogens with one attached hydrogen (secondary N) is 1. The summed E-state index contributed by atoms with van der Waals surface area (Å²) in [4.78, 5) is 14.4. The smallest absolute Gasteiger partial charge is 0.220 e. The van der Waals surface area contributed by atoms with Crippen molar-refractivity contribution in [1.82, 2.24) is 30.4 Å². The van der Waals surface area contributed by atoms with Crippen LogP contribution in [0, 0.1) is 0 Å². The van der Waals surface area contributed by atoms with E-state index in [0.29, 0.717) is 52.3 Å². The van der Waals surface area contributed by atoms with Crippen LogP contribution in [-0.4, -0.2) is 70.0 Å². The Morgan fingerprint density at radius 2 is 2.14 bits per heavy atom. The summed E-state index contributed by atoms with van der Waals surface area (Å²) in [7, 11) is 0. The Hall–Kier alpha value is -2.36. The fourth-order valence-electron chi connectivity index (χ4n) is 3.76. The number of carbonyl (C=O) groups is 1. The number of nitrogens with zero attached hydrogens (tertiary/aromatic N) is 5. The molecule has 0 bridgehead atoms. The molecule has 1 aromatic carbocycles. The zero-order chi connectivity index (χ0) is 19.9. The molecule has 3 heterocycles. The molecule has 9 heteroatoms. The lowest BCUT2D eigenvalue weighted by Crippen LogP contribution is -2.39. The monoisotopic (exact) mass is 400 g/mol. The number of aromatic nitrogens is 4. The Labute approximate surface area is 170 Å². The van der Waals surface area contributed by atoms with Gasteiger partial charge in [-0.25, -0.2) is 4.68 Å². The van der Waals surface area contributed by atoms with Gasteiger partial charge >= 0.3 is 0 Å². The van der Waals surface area contributed by atoms with E-state index in [1.165, 1.54) is 11.1 Å². The SMILES string of the molecule is O=C(CCCn1nnnc1CN1CCc2ccccc2C1)NCC1COCCO1. The highest BCUT2D eigenvalue weighted by Crippen LogP contribution is 2.19. The molecular formula is C20H28N6O3. The molecule has 0 saturated carbocycles. The number of aryl methyl sites for hydroxylation is 1. The third-order valence-electron chi connectivity index (χ3n) is 5.37. The number of tetrazole rings is 1. The summed E-state index contributed by atoms with van der Waals surface area (Å²) in [6.45, 7) is 5.50. The summed E-state index contributed by atoms with van der Waals surface area (Å²) < 4.78 is 12.7. The van der Waals surface area contributed by atoms with Crippen LogP contribution in [0.5, 0.6) is 0 Å². The Morgan fingerprint density at radius 1 is 1.24 bits per heavy atom. The molecule has 0 aliphatic carbocycles. The lowest BCUT2D eigenvalue weighted by molar-refractivity contribution is -0.124. The summed E-state index contributed by atoms with van der Waals surface area (Å²) in [6.07, 6.45) is 2.13. The van der Waals surface area contributed by atoms with Crippen LogP contribution in [0.15, 0.2) is 24.3 Å². The third-order valence-corrected chi connectivity index (χ3v) is 5.37. The van der Waals surface area contributed by atoms with Gasteiger partial charge in [-0.2, -0.15) is 0 Å². The maximum Gasteiger partial charge on any atom is 0.220 e. The van der Waals surface area contributed by atoms with Crippen LogP contribution >= 0.6 is 0 Å². The summed E-state index contributed by atoms with van der Waals surface area (Å²) >= 11 is 0. The van der Waals surface area contributed by atoms with Crippen LogP contribution in [0.25, 0.3) is 0 Å². The molecule has 1 unspecified atom stereocenters. The number of benzene rings is 1. The first-order valence-corrected chi connectivity index (χ1v) is 10.3. The maximum atomic E-state index is 12.1. The van der Waals surface area contributed by atoms with Crippen molar-refractivity contribution >= 4 is 5.91 Å². The first kappa shape index (κ1) is 19.9. The van der Waals surface area contributed by atoms with Crippen molar-refractivity contribution < 1.29 is 14.3 Å². The number of carbonyl (C=O) groups excluding carboxylic acids is 1. The van der Waals surface area contributed by atoms with Crippen molar-refractivity contribution in [3.05, 3.63) is 41.2 Å². The average molecular weight is 400 g/mol. The minimum absolute atomic E-state index is 0.0152. The van der Waals surface area contributed by atoms with Crippen molar-refractivity contribution in [2.45, 2.75) is 45.0 Å².